The summed E-state index contributed by atoms with van der Waals surface area (Å²) in [5.41, 5.74) is 0.844. The summed E-state index contributed by atoms with van der Waals surface area (Å²) < 4.78 is 0. The van der Waals surface area contributed by atoms with Crippen LogP contribution in [0.25, 0.3) is 0 Å². The quantitative estimate of drug-likeness (QED) is 0.820. The van der Waals surface area contributed by atoms with Crippen LogP contribution in [-0.4, -0.2) is 23.5 Å². The number of hydrogen-bond donors (Lipinski definition) is 1. The van der Waals surface area contributed by atoms with E-state index in [4.69, 9.17) is 5.11 Å². The van der Waals surface area contributed by atoms with Crippen molar-refractivity contribution in [2.75, 3.05) is 11.4 Å². The molecule has 4 heteroatoms. The van der Waals surface area contributed by atoms with Crippen molar-refractivity contribution >= 4 is 17.6 Å². The smallest absolute Gasteiger partial charge is 0.307 e. The summed E-state index contributed by atoms with van der Waals surface area (Å²) in [5.74, 6) is -1.50. The Morgan fingerprint density at radius 1 is 1.31 bits per heavy atom. The van der Waals surface area contributed by atoms with Crippen LogP contribution in [0.3, 0.4) is 0 Å². The molecule has 16 heavy (non-hydrogen) atoms. The Bertz CT molecular complexity index is 402. The van der Waals surface area contributed by atoms with Gasteiger partial charge in [-0.1, -0.05) is 18.2 Å². The molecule has 1 amide bonds. The van der Waals surface area contributed by atoms with Crippen LogP contribution in [0, 0.1) is 5.92 Å². The van der Waals surface area contributed by atoms with Crippen LogP contribution < -0.4 is 4.90 Å². The molecule has 4 nitrogen and oxygen atoms in total. The molecule has 0 spiro atoms. The van der Waals surface area contributed by atoms with Gasteiger partial charge in [-0.25, -0.2) is 0 Å². The van der Waals surface area contributed by atoms with Gasteiger partial charge in [0.05, 0.1) is 5.92 Å². The van der Waals surface area contributed by atoms with Gasteiger partial charge in [-0.2, -0.15) is 0 Å². The molecule has 1 fully saturated rings. The van der Waals surface area contributed by atoms with Crippen LogP contribution >= 0.6 is 0 Å². The zero-order valence-corrected chi connectivity index (χ0v) is 8.80. The minimum absolute atomic E-state index is 0.101. The first-order chi connectivity index (χ1) is 7.68. The molecule has 0 aliphatic carbocycles. The minimum Gasteiger partial charge on any atom is -0.481 e. The van der Waals surface area contributed by atoms with E-state index in [1.165, 1.54) is 0 Å². The monoisotopic (exact) mass is 219 g/mol. The van der Waals surface area contributed by atoms with Gasteiger partial charge in [0.15, 0.2) is 0 Å². The minimum atomic E-state index is -0.874. The number of carbonyl (C=O) groups excluding carboxylic acids is 1. The number of carboxylic acids is 1. The van der Waals surface area contributed by atoms with Crippen LogP contribution in [0.4, 0.5) is 5.69 Å². The van der Waals surface area contributed by atoms with Gasteiger partial charge >= 0.3 is 5.97 Å². The number of piperidine rings is 1. The first-order valence-corrected chi connectivity index (χ1v) is 5.26. The summed E-state index contributed by atoms with van der Waals surface area (Å²) in [4.78, 5) is 24.2. The molecule has 1 aliphatic heterocycles. The summed E-state index contributed by atoms with van der Waals surface area (Å²) in [6.45, 7) is 0.486. The highest BCUT2D eigenvalue weighted by molar-refractivity contribution is 5.96. The zero-order valence-electron chi connectivity index (χ0n) is 8.80. The molecule has 0 aromatic heterocycles. The molecule has 1 unspecified atom stereocenters. The number of para-hydroxylation sites is 1. The fraction of sp³-hybridized carbons (Fsp3) is 0.333. The van der Waals surface area contributed by atoms with E-state index in [1.54, 1.807) is 4.90 Å². The summed E-state index contributed by atoms with van der Waals surface area (Å²) in [7, 11) is 0. The van der Waals surface area contributed by atoms with Crippen molar-refractivity contribution in [2.24, 2.45) is 5.92 Å². The molecule has 1 aliphatic rings. The Kier molecular flexibility index (Phi) is 2.90. The van der Waals surface area contributed by atoms with E-state index in [-0.39, 0.29) is 12.3 Å². The molecule has 0 bridgehead atoms. The van der Waals surface area contributed by atoms with Gasteiger partial charge < -0.3 is 10.0 Å². The van der Waals surface area contributed by atoms with E-state index < -0.39 is 11.9 Å². The van der Waals surface area contributed by atoms with E-state index >= 15 is 0 Å². The normalized spacial score (nSPS) is 20.9. The largest absolute Gasteiger partial charge is 0.481 e. The van der Waals surface area contributed by atoms with Crippen LogP contribution in [0.5, 0.6) is 0 Å². The Morgan fingerprint density at radius 3 is 2.56 bits per heavy atom. The van der Waals surface area contributed by atoms with Crippen molar-refractivity contribution in [1.29, 1.82) is 0 Å². The maximum Gasteiger partial charge on any atom is 0.307 e. The molecule has 1 atom stereocenters. The first kappa shape index (κ1) is 10.7. The summed E-state index contributed by atoms with van der Waals surface area (Å²) in [6, 6.07) is 9.34. The van der Waals surface area contributed by atoms with Gasteiger partial charge in [-0.15, -0.1) is 0 Å². The molecule has 1 N–H and O–H groups in total. The van der Waals surface area contributed by atoms with E-state index in [0.29, 0.717) is 13.0 Å². The summed E-state index contributed by atoms with van der Waals surface area (Å²) in [5, 5.41) is 8.84. The second kappa shape index (κ2) is 4.35. The Labute approximate surface area is 93.5 Å². The third-order valence-corrected chi connectivity index (χ3v) is 2.84. The highest BCUT2D eigenvalue weighted by Crippen LogP contribution is 2.24. The lowest BCUT2D eigenvalue weighted by Crippen LogP contribution is -2.40. The van der Waals surface area contributed by atoms with Crippen LogP contribution in [-0.2, 0) is 9.59 Å². The number of nitrogens with zero attached hydrogens (tertiary/aromatic N) is 1. The van der Waals surface area contributed by atoms with Crippen molar-refractivity contribution in [2.45, 2.75) is 12.8 Å². The lowest BCUT2D eigenvalue weighted by Gasteiger charge is -2.29. The number of aliphatic carboxylic acids is 1. The standard InChI is InChI=1S/C12H13NO3/c14-11-8-9(12(15)16)6-7-13(11)10-4-2-1-3-5-10/h1-5,9H,6-8H2,(H,15,16). The van der Waals surface area contributed by atoms with E-state index in [2.05, 4.69) is 0 Å². The van der Waals surface area contributed by atoms with E-state index in [0.717, 1.165) is 5.69 Å². The van der Waals surface area contributed by atoms with Crippen LogP contribution in [0.15, 0.2) is 30.3 Å². The topological polar surface area (TPSA) is 57.6 Å². The molecule has 84 valence electrons. The number of carbonyl (C=O) groups is 2. The molecule has 2 rings (SSSR count). The molecule has 1 heterocycles. The van der Waals surface area contributed by atoms with E-state index in [1.807, 2.05) is 30.3 Å². The van der Waals surface area contributed by atoms with Gasteiger partial charge in [0.2, 0.25) is 5.91 Å². The second-order valence-corrected chi connectivity index (χ2v) is 3.91. The number of rotatable bonds is 2. The maximum atomic E-state index is 11.8. The first-order valence-electron chi connectivity index (χ1n) is 5.26. The fourth-order valence-electron chi connectivity index (χ4n) is 1.92. The van der Waals surface area contributed by atoms with Crippen LogP contribution in [0.2, 0.25) is 0 Å². The predicted octanol–water partition coefficient (Wildman–Crippen LogP) is 1.51. The highest BCUT2D eigenvalue weighted by Gasteiger charge is 2.30. The van der Waals surface area contributed by atoms with Gasteiger partial charge in [0.1, 0.15) is 0 Å². The van der Waals surface area contributed by atoms with Crippen molar-refractivity contribution < 1.29 is 14.7 Å². The Morgan fingerprint density at radius 2 is 2.00 bits per heavy atom. The van der Waals surface area contributed by atoms with Gasteiger partial charge in [-0.3, -0.25) is 9.59 Å². The second-order valence-electron chi connectivity index (χ2n) is 3.91. The third-order valence-electron chi connectivity index (χ3n) is 2.84. The molecule has 1 saturated heterocycles. The number of anilines is 1. The van der Waals surface area contributed by atoms with Gasteiger partial charge in [0, 0.05) is 18.7 Å². The number of amides is 1. The zero-order chi connectivity index (χ0) is 11.5. The predicted molar refractivity (Wildman–Crippen MR) is 59.2 cm³/mol. The molecule has 1 aromatic rings. The molecular formula is C12H13NO3. The fourth-order valence-corrected chi connectivity index (χ4v) is 1.92. The molecule has 0 saturated carbocycles. The molecule has 1 aromatic carbocycles. The molecule has 0 radical (unpaired) electrons. The SMILES string of the molecule is O=C(O)C1CCN(c2ccccc2)C(=O)C1. The Balaban J connectivity index is 2.11. The van der Waals surface area contributed by atoms with Crippen molar-refractivity contribution in [3.63, 3.8) is 0 Å². The number of benzene rings is 1. The summed E-state index contributed by atoms with van der Waals surface area (Å²) >= 11 is 0. The maximum absolute atomic E-state index is 11.8. The van der Waals surface area contributed by atoms with Crippen molar-refractivity contribution in [3.8, 4) is 0 Å². The van der Waals surface area contributed by atoms with E-state index in [9.17, 15) is 9.59 Å². The third kappa shape index (κ3) is 2.05. The summed E-state index contributed by atoms with van der Waals surface area (Å²) in [6.07, 6.45) is 0.625. The average Bonchev–Trinajstić information content (AvgIpc) is 2.30. The highest BCUT2D eigenvalue weighted by atomic mass is 16.4. The lowest BCUT2D eigenvalue weighted by atomic mass is 9.96. The van der Waals surface area contributed by atoms with Gasteiger partial charge in [0.25, 0.3) is 0 Å². The van der Waals surface area contributed by atoms with Crippen molar-refractivity contribution in [3.05, 3.63) is 30.3 Å². The van der Waals surface area contributed by atoms with Crippen molar-refractivity contribution in [1.82, 2.24) is 0 Å². The van der Waals surface area contributed by atoms with Gasteiger partial charge in [-0.05, 0) is 18.6 Å². The molecular weight excluding hydrogens is 206 g/mol. The lowest BCUT2D eigenvalue weighted by molar-refractivity contribution is -0.144. The van der Waals surface area contributed by atoms with Crippen LogP contribution in [0.1, 0.15) is 12.8 Å². The average molecular weight is 219 g/mol. The number of carboxylic acid groups (broad SMARTS) is 1. The number of hydrogen-bond acceptors (Lipinski definition) is 2. The Hall–Kier alpha value is -1.84.